The first-order valence-electron chi connectivity index (χ1n) is 14.7. The maximum absolute atomic E-state index is 11.9. The highest BCUT2D eigenvalue weighted by atomic mass is 16.4. The fourth-order valence-electron chi connectivity index (χ4n) is 6.02. The number of hydrogen-bond acceptors (Lipinski definition) is 4. The number of carbonyl (C=O) groups is 1. The zero-order valence-corrected chi connectivity index (χ0v) is 24.5. The van der Waals surface area contributed by atoms with Gasteiger partial charge in [-0.1, -0.05) is 43.7 Å². The van der Waals surface area contributed by atoms with E-state index in [1.165, 1.54) is 0 Å². The molecule has 0 saturated heterocycles. The highest BCUT2D eigenvalue weighted by molar-refractivity contribution is 5.94. The second-order valence-corrected chi connectivity index (χ2v) is 11.2. The Hall–Kier alpha value is -5.17. The number of hydrogen-bond donors (Lipinski definition) is 1. The minimum atomic E-state index is -0.941. The fraction of sp³-hybridized carbons (Fsp3) is 0.194. The average Bonchev–Trinajstić information content (AvgIpc) is 3.72. The van der Waals surface area contributed by atoms with Crippen molar-refractivity contribution < 1.29 is 14.3 Å². The van der Waals surface area contributed by atoms with E-state index < -0.39 is 5.97 Å². The van der Waals surface area contributed by atoms with E-state index >= 15 is 0 Å². The molecular weight excluding hydrogens is 536 g/mol. The Morgan fingerprint density at radius 3 is 2.58 bits per heavy atom. The molecule has 0 fully saturated rings. The summed E-state index contributed by atoms with van der Waals surface area (Å²) in [4.78, 5) is 21.8. The SMILES string of the molecule is CCCCc1nc2c(C)cc(-c3nc4cccc(C)c4o3)cc2n1Cc1ccc2c(ccn2-c2ccccc2C(=O)O)c1. The van der Waals surface area contributed by atoms with E-state index in [2.05, 4.69) is 48.7 Å². The molecule has 0 saturated carbocycles. The fourth-order valence-corrected chi connectivity index (χ4v) is 6.02. The highest BCUT2D eigenvalue weighted by Gasteiger charge is 2.18. The first-order chi connectivity index (χ1) is 20.9. The van der Waals surface area contributed by atoms with Crippen LogP contribution in [0, 0.1) is 13.8 Å². The lowest BCUT2D eigenvalue weighted by Gasteiger charge is -2.12. The number of nitrogens with zero attached hydrogens (tertiary/aromatic N) is 4. The Morgan fingerprint density at radius 2 is 1.77 bits per heavy atom. The molecule has 7 aromatic rings. The average molecular weight is 569 g/mol. The van der Waals surface area contributed by atoms with Gasteiger partial charge in [0.15, 0.2) is 5.58 Å². The normalized spacial score (nSPS) is 11.7. The summed E-state index contributed by atoms with van der Waals surface area (Å²) in [6.45, 7) is 7.01. The number of aromatic nitrogens is 4. The van der Waals surface area contributed by atoms with E-state index in [9.17, 15) is 9.90 Å². The number of benzene rings is 4. The van der Waals surface area contributed by atoms with Crippen molar-refractivity contribution in [2.24, 2.45) is 0 Å². The quantitative estimate of drug-likeness (QED) is 0.199. The Balaban J connectivity index is 1.31. The zero-order valence-electron chi connectivity index (χ0n) is 24.5. The molecule has 0 aliphatic rings. The van der Waals surface area contributed by atoms with E-state index in [0.717, 1.165) is 80.4 Å². The molecule has 0 aliphatic carbocycles. The number of aromatic carboxylic acids is 1. The number of rotatable bonds is 8. The summed E-state index contributed by atoms with van der Waals surface area (Å²) in [6.07, 6.45) is 4.98. The smallest absolute Gasteiger partial charge is 0.337 e. The molecule has 0 amide bonds. The number of oxazole rings is 1. The van der Waals surface area contributed by atoms with E-state index in [0.29, 0.717) is 18.1 Å². The number of carboxylic acids is 1. The molecular formula is C36H32N4O3. The van der Waals surface area contributed by atoms with E-state index in [1.807, 2.05) is 54.1 Å². The van der Waals surface area contributed by atoms with Crippen LogP contribution in [0.15, 0.2) is 89.5 Å². The van der Waals surface area contributed by atoms with Gasteiger partial charge in [-0.15, -0.1) is 0 Å². The molecule has 4 aromatic carbocycles. The van der Waals surface area contributed by atoms with Crippen LogP contribution in [0.5, 0.6) is 0 Å². The largest absolute Gasteiger partial charge is 0.478 e. The molecule has 0 aliphatic heterocycles. The van der Waals surface area contributed by atoms with Gasteiger partial charge in [-0.3, -0.25) is 0 Å². The third-order valence-electron chi connectivity index (χ3n) is 8.23. The molecule has 0 atom stereocenters. The van der Waals surface area contributed by atoms with Gasteiger partial charge in [-0.2, -0.15) is 0 Å². The van der Waals surface area contributed by atoms with Crippen molar-refractivity contribution in [3.63, 3.8) is 0 Å². The monoisotopic (exact) mass is 568 g/mol. The van der Waals surface area contributed by atoms with Crippen LogP contribution in [0.4, 0.5) is 0 Å². The summed E-state index contributed by atoms with van der Waals surface area (Å²) in [6, 6.07) is 25.8. The Labute approximate surface area is 249 Å². The predicted octanol–water partition coefficient (Wildman–Crippen LogP) is 8.49. The molecule has 43 heavy (non-hydrogen) atoms. The van der Waals surface area contributed by atoms with Crippen molar-refractivity contribution >= 4 is 39.0 Å². The van der Waals surface area contributed by atoms with Gasteiger partial charge in [0.2, 0.25) is 5.89 Å². The van der Waals surface area contributed by atoms with Gasteiger partial charge in [-0.25, -0.2) is 14.8 Å². The van der Waals surface area contributed by atoms with Crippen LogP contribution < -0.4 is 0 Å². The lowest BCUT2D eigenvalue weighted by Crippen LogP contribution is -2.06. The van der Waals surface area contributed by atoms with Crippen LogP contribution in [0.3, 0.4) is 0 Å². The molecule has 7 heteroatoms. The molecule has 214 valence electrons. The molecule has 0 radical (unpaired) electrons. The second kappa shape index (κ2) is 10.6. The topological polar surface area (TPSA) is 86.1 Å². The minimum absolute atomic E-state index is 0.273. The standard InChI is InChI=1S/C36H32N4O3/c1-4-5-13-32-38-33-23(3)18-26(35-37-28-11-8-9-22(2)34(28)43-35)20-31(33)40(32)21-24-14-15-29-25(19-24)16-17-39(29)30-12-7-6-10-27(30)36(41)42/h6-12,14-20H,4-5,13,21H2,1-3H3,(H,41,42). The third-order valence-corrected chi connectivity index (χ3v) is 8.23. The van der Waals surface area contributed by atoms with Crippen LogP contribution in [-0.2, 0) is 13.0 Å². The molecule has 3 aromatic heterocycles. The lowest BCUT2D eigenvalue weighted by atomic mass is 10.1. The van der Waals surface area contributed by atoms with Crippen molar-refractivity contribution in [3.05, 3.63) is 113 Å². The number of imidazole rings is 1. The number of carboxylic acid groups (broad SMARTS) is 1. The van der Waals surface area contributed by atoms with Crippen molar-refractivity contribution in [1.29, 1.82) is 0 Å². The van der Waals surface area contributed by atoms with Crippen molar-refractivity contribution in [3.8, 4) is 17.1 Å². The minimum Gasteiger partial charge on any atom is -0.478 e. The van der Waals surface area contributed by atoms with E-state index in [4.69, 9.17) is 14.4 Å². The zero-order chi connectivity index (χ0) is 29.7. The predicted molar refractivity (Wildman–Crippen MR) is 170 cm³/mol. The molecule has 0 spiro atoms. The number of fused-ring (bicyclic) bond motifs is 3. The molecule has 0 unspecified atom stereocenters. The summed E-state index contributed by atoms with van der Waals surface area (Å²) < 4.78 is 10.5. The Morgan fingerprint density at radius 1 is 0.907 bits per heavy atom. The summed E-state index contributed by atoms with van der Waals surface area (Å²) in [5, 5.41) is 10.8. The maximum Gasteiger partial charge on any atom is 0.337 e. The van der Waals surface area contributed by atoms with Gasteiger partial charge < -0.3 is 18.7 Å². The summed E-state index contributed by atoms with van der Waals surface area (Å²) in [5.74, 6) is 0.739. The number of unbranched alkanes of at least 4 members (excludes halogenated alkanes) is 1. The Bertz CT molecular complexity index is 2160. The van der Waals surface area contributed by atoms with Crippen LogP contribution in [0.25, 0.3) is 50.2 Å². The van der Waals surface area contributed by atoms with Gasteiger partial charge in [0, 0.05) is 30.1 Å². The summed E-state index contributed by atoms with van der Waals surface area (Å²) >= 11 is 0. The van der Waals surface area contributed by atoms with E-state index in [1.54, 1.807) is 12.1 Å². The maximum atomic E-state index is 11.9. The van der Waals surface area contributed by atoms with Crippen LogP contribution in [-0.4, -0.2) is 30.2 Å². The third kappa shape index (κ3) is 4.67. The number of aryl methyl sites for hydroxylation is 3. The summed E-state index contributed by atoms with van der Waals surface area (Å²) in [7, 11) is 0. The van der Waals surface area contributed by atoms with Gasteiger partial charge in [0.1, 0.15) is 11.3 Å². The van der Waals surface area contributed by atoms with Crippen molar-refractivity contribution in [1.82, 2.24) is 19.1 Å². The lowest BCUT2D eigenvalue weighted by molar-refractivity contribution is 0.0697. The van der Waals surface area contributed by atoms with Crippen LogP contribution >= 0.6 is 0 Å². The highest BCUT2D eigenvalue weighted by Crippen LogP contribution is 2.32. The molecule has 3 heterocycles. The van der Waals surface area contributed by atoms with Gasteiger partial charge in [-0.05, 0) is 85.5 Å². The first kappa shape index (κ1) is 26.7. The van der Waals surface area contributed by atoms with Crippen LogP contribution in [0.1, 0.15) is 52.6 Å². The van der Waals surface area contributed by atoms with Crippen molar-refractivity contribution in [2.75, 3.05) is 0 Å². The van der Waals surface area contributed by atoms with Gasteiger partial charge in [0.05, 0.1) is 27.8 Å². The molecule has 1 N–H and O–H groups in total. The molecule has 0 bridgehead atoms. The first-order valence-corrected chi connectivity index (χ1v) is 14.7. The van der Waals surface area contributed by atoms with Gasteiger partial charge >= 0.3 is 5.97 Å². The Kier molecular flexibility index (Phi) is 6.58. The second-order valence-electron chi connectivity index (χ2n) is 11.2. The number of para-hydroxylation sites is 2. The molecule has 7 rings (SSSR count). The van der Waals surface area contributed by atoms with Gasteiger partial charge in [0.25, 0.3) is 0 Å². The molecule has 7 nitrogen and oxygen atoms in total. The van der Waals surface area contributed by atoms with E-state index in [-0.39, 0.29) is 5.56 Å². The van der Waals surface area contributed by atoms with Crippen LogP contribution in [0.2, 0.25) is 0 Å². The van der Waals surface area contributed by atoms with Crippen molar-refractivity contribution in [2.45, 2.75) is 46.6 Å². The summed E-state index contributed by atoms with van der Waals surface area (Å²) in [5.41, 5.74) is 9.87.